The number of carbonyl (C=O) groups excluding carboxylic acids is 3. The van der Waals surface area contributed by atoms with Crippen molar-refractivity contribution in [3.8, 4) is 11.5 Å². The fourth-order valence-corrected chi connectivity index (χ4v) is 3.23. The third-order valence-corrected chi connectivity index (χ3v) is 5.26. The zero-order valence-corrected chi connectivity index (χ0v) is 20.3. The summed E-state index contributed by atoms with van der Waals surface area (Å²) in [6.45, 7) is -0.991. The second kappa shape index (κ2) is 11.7. The minimum absolute atomic E-state index is 0.0406. The highest BCUT2D eigenvalue weighted by atomic mass is 79.9. The molecule has 0 aromatic heterocycles. The number of methoxy groups -OCH3 is 1. The molecule has 0 aliphatic rings. The molecule has 0 atom stereocenters. The van der Waals surface area contributed by atoms with Crippen LogP contribution in [0, 0.1) is 0 Å². The molecular formula is C25H19BrF3NO6. The largest absolute Gasteiger partial charge is 0.493 e. The van der Waals surface area contributed by atoms with Gasteiger partial charge in [0.05, 0.1) is 18.2 Å². The fourth-order valence-electron chi connectivity index (χ4n) is 2.96. The molecule has 0 bridgehead atoms. The Morgan fingerprint density at radius 3 is 2.25 bits per heavy atom. The van der Waals surface area contributed by atoms with E-state index in [0.29, 0.717) is 5.56 Å². The molecule has 188 valence electrons. The van der Waals surface area contributed by atoms with E-state index < -0.39 is 36.8 Å². The lowest BCUT2D eigenvalue weighted by atomic mass is 10.1. The van der Waals surface area contributed by atoms with Crippen LogP contribution in [0.15, 0.2) is 71.2 Å². The van der Waals surface area contributed by atoms with Crippen LogP contribution in [0.1, 0.15) is 26.3 Å². The highest BCUT2D eigenvalue weighted by Gasteiger charge is 2.30. The van der Waals surface area contributed by atoms with Gasteiger partial charge < -0.3 is 19.5 Å². The van der Waals surface area contributed by atoms with E-state index in [1.54, 1.807) is 24.3 Å². The molecule has 1 N–H and O–H groups in total. The van der Waals surface area contributed by atoms with Crippen molar-refractivity contribution < 1.29 is 41.8 Å². The number of Topliss-reactive ketones (excluding diaryl/α,β-unsaturated/α-hetero) is 1. The summed E-state index contributed by atoms with van der Waals surface area (Å²) < 4.78 is 54.9. The maximum atomic E-state index is 12.8. The molecule has 0 saturated heterocycles. The van der Waals surface area contributed by atoms with Crippen molar-refractivity contribution >= 4 is 39.3 Å². The fraction of sp³-hybridized carbons (Fsp3) is 0.160. The number of anilines is 1. The van der Waals surface area contributed by atoms with Gasteiger partial charge >= 0.3 is 12.1 Å². The van der Waals surface area contributed by atoms with Crippen molar-refractivity contribution in [1.82, 2.24) is 0 Å². The van der Waals surface area contributed by atoms with Crippen molar-refractivity contribution in [3.05, 3.63) is 87.9 Å². The summed E-state index contributed by atoms with van der Waals surface area (Å²) in [5.74, 6) is -1.64. The van der Waals surface area contributed by atoms with Crippen molar-refractivity contribution in [2.45, 2.75) is 6.18 Å². The standard InChI is InChI=1S/C25H19BrF3NO6/c1-34-22-11-16(24(33)36-13-20(31)15-5-8-18(26)9-6-15)7-10-21(22)35-14-23(32)30-19-4-2-3-17(12-19)25(27,28)29/h2-12H,13-14H2,1H3,(H,30,32). The number of alkyl halides is 3. The molecular weight excluding hydrogens is 547 g/mol. The van der Waals surface area contributed by atoms with Crippen molar-refractivity contribution in [2.75, 3.05) is 25.6 Å². The number of ether oxygens (including phenoxy) is 3. The number of rotatable bonds is 9. The number of amides is 1. The van der Waals surface area contributed by atoms with E-state index in [9.17, 15) is 27.6 Å². The van der Waals surface area contributed by atoms with Gasteiger partial charge in [0.2, 0.25) is 0 Å². The zero-order valence-electron chi connectivity index (χ0n) is 18.7. The van der Waals surface area contributed by atoms with Gasteiger partial charge in [-0.3, -0.25) is 9.59 Å². The summed E-state index contributed by atoms with van der Waals surface area (Å²) in [6, 6.07) is 14.8. The molecule has 0 aliphatic heterocycles. The number of benzene rings is 3. The van der Waals surface area contributed by atoms with Crippen LogP contribution in [-0.2, 0) is 15.7 Å². The number of carbonyl (C=O) groups is 3. The summed E-state index contributed by atoms with van der Waals surface area (Å²) in [7, 11) is 1.32. The Morgan fingerprint density at radius 2 is 1.58 bits per heavy atom. The number of ketones is 1. The van der Waals surface area contributed by atoms with E-state index in [-0.39, 0.29) is 28.5 Å². The number of nitrogens with one attached hydrogen (secondary N) is 1. The van der Waals surface area contributed by atoms with Gasteiger partial charge in [-0.05, 0) is 48.5 Å². The summed E-state index contributed by atoms with van der Waals surface area (Å²) in [5.41, 5.74) is -0.475. The highest BCUT2D eigenvalue weighted by Crippen LogP contribution is 2.31. The van der Waals surface area contributed by atoms with E-state index in [1.807, 2.05) is 0 Å². The molecule has 0 spiro atoms. The molecule has 3 aromatic carbocycles. The maximum absolute atomic E-state index is 12.8. The number of esters is 1. The van der Waals surface area contributed by atoms with E-state index in [1.165, 1.54) is 37.4 Å². The summed E-state index contributed by atoms with van der Waals surface area (Å²) in [4.78, 5) is 36.7. The molecule has 1 amide bonds. The Kier molecular flexibility index (Phi) is 8.70. The summed E-state index contributed by atoms with van der Waals surface area (Å²) in [5, 5.41) is 2.32. The van der Waals surface area contributed by atoms with Gasteiger partial charge in [-0.1, -0.05) is 34.1 Å². The molecule has 0 radical (unpaired) electrons. The normalized spacial score (nSPS) is 10.9. The lowest BCUT2D eigenvalue weighted by Gasteiger charge is -2.13. The molecule has 36 heavy (non-hydrogen) atoms. The Hall–Kier alpha value is -3.86. The average Bonchev–Trinajstić information content (AvgIpc) is 2.85. The molecule has 11 heteroatoms. The molecule has 3 aromatic rings. The Morgan fingerprint density at radius 1 is 0.889 bits per heavy atom. The number of hydrogen-bond acceptors (Lipinski definition) is 6. The van der Waals surface area contributed by atoms with Crippen LogP contribution in [0.4, 0.5) is 18.9 Å². The molecule has 7 nitrogen and oxygen atoms in total. The second-order valence-electron chi connectivity index (χ2n) is 7.29. The van der Waals surface area contributed by atoms with Crippen LogP contribution in [0.25, 0.3) is 0 Å². The summed E-state index contributed by atoms with van der Waals surface area (Å²) in [6.07, 6.45) is -4.54. The first-order valence-corrected chi connectivity index (χ1v) is 11.1. The average molecular weight is 566 g/mol. The van der Waals surface area contributed by atoms with E-state index in [2.05, 4.69) is 21.2 Å². The Balaban J connectivity index is 1.57. The lowest BCUT2D eigenvalue weighted by molar-refractivity contribution is -0.137. The predicted molar refractivity (Wildman–Crippen MR) is 127 cm³/mol. The number of halogens is 4. The van der Waals surface area contributed by atoms with Crippen LogP contribution in [0.5, 0.6) is 11.5 Å². The highest BCUT2D eigenvalue weighted by molar-refractivity contribution is 9.10. The van der Waals surface area contributed by atoms with E-state index >= 15 is 0 Å². The molecule has 0 saturated carbocycles. The van der Waals surface area contributed by atoms with Gasteiger partial charge in [-0.25, -0.2) is 4.79 Å². The summed E-state index contributed by atoms with van der Waals surface area (Å²) >= 11 is 3.27. The van der Waals surface area contributed by atoms with Gasteiger partial charge in [0, 0.05) is 15.7 Å². The SMILES string of the molecule is COc1cc(C(=O)OCC(=O)c2ccc(Br)cc2)ccc1OCC(=O)Nc1cccc(C(F)(F)F)c1. The predicted octanol–water partition coefficient (Wildman–Crippen LogP) is 5.53. The minimum Gasteiger partial charge on any atom is -0.493 e. The molecule has 0 heterocycles. The second-order valence-corrected chi connectivity index (χ2v) is 8.20. The molecule has 3 rings (SSSR count). The number of hydrogen-bond donors (Lipinski definition) is 1. The van der Waals surface area contributed by atoms with Crippen molar-refractivity contribution in [2.24, 2.45) is 0 Å². The van der Waals surface area contributed by atoms with Crippen molar-refractivity contribution in [1.29, 1.82) is 0 Å². The van der Waals surface area contributed by atoms with E-state index in [0.717, 1.165) is 16.6 Å². The smallest absolute Gasteiger partial charge is 0.416 e. The first kappa shape index (κ1) is 26.7. The minimum atomic E-state index is -4.54. The van der Waals surface area contributed by atoms with Crippen LogP contribution < -0.4 is 14.8 Å². The van der Waals surface area contributed by atoms with Gasteiger partial charge in [-0.2, -0.15) is 13.2 Å². The molecule has 0 aliphatic carbocycles. The van der Waals surface area contributed by atoms with Crippen LogP contribution >= 0.6 is 15.9 Å². The van der Waals surface area contributed by atoms with Crippen LogP contribution in [-0.4, -0.2) is 38.0 Å². The lowest BCUT2D eigenvalue weighted by Crippen LogP contribution is -2.20. The third-order valence-electron chi connectivity index (χ3n) is 4.73. The first-order valence-electron chi connectivity index (χ1n) is 10.3. The third kappa shape index (κ3) is 7.32. The maximum Gasteiger partial charge on any atom is 0.416 e. The topological polar surface area (TPSA) is 90.9 Å². The molecule has 0 fully saturated rings. The quantitative estimate of drug-likeness (QED) is 0.271. The monoisotopic (exact) mass is 565 g/mol. The van der Waals surface area contributed by atoms with Crippen LogP contribution in [0.2, 0.25) is 0 Å². The van der Waals surface area contributed by atoms with Crippen molar-refractivity contribution in [3.63, 3.8) is 0 Å². The zero-order chi connectivity index (χ0) is 26.3. The van der Waals surface area contributed by atoms with Gasteiger partial charge in [0.25, 0.3) is 5.91 Å². The Bertz CT molecular complexity index is 1260. The van der Waals surface area contributed by atoms with Gasteiger partial charge in [0.1, 0.15) is 0 Å². The van der Waals surface area contributed by atoms with Gasteiger partial charge in [-0.15, -0.1) is 0 Å². The Labute approximate surface area is 212 Å². The van der Waals surface area contributed by atoms with Gasteiger partial charge in [0.15, 0.2) is 30.5 Å². The van der Waals surface area contributed by atoms with E-state index in [4.69, 9.17) is 14.2 Å². The first-order chi connectivity index (χ1) is 17.1. The molecule has 0 unspecified atom stereocenters. The van der Waals surface area contributed by atoms with Crippen LogP contribution in [0.3, 0.4) is 0 Å².